The van der Waals surface area contributed by atoms with Crippen LogP contribution < -0.4 is 10.6 Å². The SMILES string of the molecule is NCC1CC(=O)N(c2ncn[nH]2)C1. The van der Waals surface area contributed by atoms with E-state index in [1.54, 1.807) is 4.90 Å². The van der Waals surface area contributed by atoms with E-state index < -0.39 is 0 Å². The van der Waals surface area contributed by atoms with Crippen LogP contribution in [0, 0.1) is 5.92 Å². The van der Waals surface area contributed by atoms with Crippen LogP contribution >= 0.6 is 0 Å². The van der Waals surface area contributed by atoms with Gasteiger partial charge in [0, 0.05) is 13.0 Å². The van der Waals surface area contributed by atoms with Gasteiger partial charge < -0.3 is 5.73 Å². The number of carbonyl (C=O) groups excluding carboxylic acids is 1. The molecule has 0 radical (unpaired) electrons. The van der Waals surface area contributed by atoms with E-state index in [4.69, 9.17) is 5.73 Å². The first-order valence-electron chi connectivity index (χ1n) is 4.17. The van der Waals surface area contributed by atoms with Crippen molar-refractivity contribution in [2.75, 3.05) is 18.0 Å². The van der Waals surface area contributed by atoms with E-state index in [0.717, 1.165) is 0 Å². The van der Waals surface area contributed by atoms with Crippen molar-refractivity contribution in [1.82, 2.24) is 15.2 Å². The normalized spacial score (nSPS) is 22.7. The molecule has 2 rings (SSSR count). The third-order valence-corrected chi connectivity index (χ3v) is 2.20. The zero-order chi connectivity index (χ0) is 9.26. The number of aromatic amines is 1. The van der Waals surface area contributed by atoms with E-state index in [1.807, 2.05) is 0 Å². The zero-order valence-electron chi connectivity index (χ0n) is 7.10. The maximum absolute atomic E-state index is 11.4. The van der Waals surface area contributed by atoms with Gasteiger partial charge in [-0.2, -0.15) is 10.1 Å². The molecule has 1 aliphatic rings. The minimum atomic E-state index is 0.0622. The predicted octanol–water partition coefficient (Wildman–Crippen LogP) is -0.884. The highest BCUT2D eigenvalue weighted by Gasteiger charge is 2.30. The largest absolute Gasteiger partial charge is 0.330 e. The van der Waals surface area contributed by atoms with Crippen LogP contribution in [0.25, 0.3) is 0 Å². The van der Waals surface area contributed by atoms with Crippen molar-refractivity contribution in [3.63, 3.8) is 0 Å². The molecule has 1 saturated heterocycles. The number of hydrogen-bond donors (Lipinski definition) is 2. The quantitative estimate of drug-likeness (QED) is 0.620. The van der Waals surface area contributed by atoms with Crippen LogP contribution in [0.4, 0.5) is 5.95 Å². The summed E-state index contributed by atoms with van der Waals surface area (Å²) in [5.41, 5.74) is 5.49. The fraction of sp³-hybridized carbons (Fsp3) is 0.571. The highest BCUT2D eigenvalue weighted by molar-refractivity contribution is 5.93. The van der Waals surface area contributed by atoms with Gasteiger partial charge in [-0.1, -0.05) is 0 Å². The number of H-pyrrole nitrogens is 1. The second kappa shape index (κ2) is 3.14. The number of nitrogens with two attached hydrogens (primary N) is 1. The number of carbonyl (C=O) groups is 1. The van der Waals surface area contributed by atoms with E-state index in [-0.39, 0.29) is 11.8 Å². The summed E-state index contributed by atoms with van der Waals surface area (Å²) in [7, 11) is 0. The average Bonchev–Trinajstić information content (AvgIpc) is 2.72. The van der Waals surface area contributed by atoms with Crippen LogP contribution in [0.5, 0.6) is 0 Å². The van der Waals surface area contributed by atoms with Gasteiger partial charge >= 0.3 is 0 Å². The predicted molar refractivity (Wildman–Crippen MR) is 45.9 cm³/mol. The minimum absolute atomic E-state index is 0.0622. The average molecular weight is 181 g/mol. The molecule has 1 aromatic rings. The second-order valence-electron chi connectivity index (χ2n) is 3.12. The Morgan fingerprint density at radius 2 is 2.62 bits per heavy atom. The maximum Gasteiger partial charge on any atom is 0.229 e. The van der Waals surface area contributed by atoms with Crippen LogP contribution in [-0.2, 0) is 4.79 Å². The molecule has 1 amide bonds. The molecule has 0 bridgehead atoms. The molecule has 0 saturated carbocycles. The zero-order valence-corrected chi connectivity index (χ0v) is 7.10. The summed E-state index contributed by atoms with van der Waals surface area (Å²) in [5.74, 6) is 0.825. The standard InChI is InChI=1S/C7H11N5O/c8-2-5-1-6(13)12(3-5)7-9-4-10-11-7/h4-5H,1-3,8H2,(H,9,10,11). The Labute approximate surface area is 75.1 Å². The van der Waals surface area contributed by atoms with Crippen molar-refractivity contribution >= 4 is 11.9 Å². The van der Waals surface area contributed by atoms with E-state index in [9.17, 15) is 4.79 Å². The van der Waals surface area contributed by atoms with Gasteiger partial charge in [0.25, 0.3) is 0 Å². The molecule has 1 fully saturated rings. The van der Waals surface area contributed by atoms with E-state index in [2.05, 4.69) is 15.2 Å². The molecule has 6 nitrogen and oxygen atoms in total. The van der Waals surface area contributed by atoms with Crippen molar-refractivity contribution in [3.05, 3.63) is 6.33 Å². The van der Waals surface area contributed by atoms with Crippen LogP contribution in [-0.4, -0.2) is 34.2 Å². The van der Waals surface area contributed by atoms with Crippen LogP contribution in [0.3, 0.4) is 0 Å². The Balaban J connectivity index is 2.14. The molecule has 1 aromatic heterocycles. The first-order chi connectivity index (χ1) is 6.31. The summed E-state index contributed by atoms with van der Waals surface area (Å²) in [6.07, 6.45) is 1.90. The lowest BCUT2D eigenvalue weighted by atomic mass is 10.1. The third-order valence-electron chi connectivity index (χ3n) is 2.20. The van der Waals surface area contributed by atoms with Gasteiger partial charge in [0.1, 0.15) is 6.33 Å². The second-order valence-corrected chi connectivity index (χ2v) is 3.12. The molecule has 2 heterocycles. The summed E-state index contributed by atoms with van der Waals surface area (Å²) in [4.78, 5) is 16.9. The van der Waals surface area contributed by atoms with Crippen molar-refractivity contribution < 1.29 is 4.79 Å². The van der Waals surface area contributed by atoms with Gasteiger partial charge in [-0.05, 0) is 12.5 Å². The number of amides is 1. The Morgan fingerprint density at radius 3 is 3.15 bits per heavy atom. The highest BCUT2D eigenvalue weighted by atomic mass is 16.2. The Hall–Kier alpha value is -1.43. The van der Waals surface area contributed by atoms with Gasteiger partial charge in [-0.3, -0.25) is 9.69 Å². The van der Waals surface area contributed by atoms with Gasteiger partial charge in [-0.15, -0.1) is 0 Å². The fourth-order valence-electron chi connectivity index (χ4n) is 1.47. The highest BCUT2D eigenvalue weighted by Crippen LogP contribution is 2.20. The molecule has 0 aromatic carbocycles. The van der Waals surface area contributed by atoms with E-state index >= 15 is 0 Å². The first kappa shape index (κ1) is 8.18. The molecule has 6 heteroatoms. The van der Waals surface area contributed by atoms with Gasteiger partial charge in [0.2, 0.25) is 11.9 Å². The summed E-state index contributed by atoms with van der Waals surface area (Å²) >= 11 is 0. The number of rotatable bonds is 2. The molecular formula is C7H11N5O. The van der Waals surface area contributed by atoms with Crippen LogP contribution in [0.15, 0.2) is 6.33 Å². The molecular weight excluding hydrogens is 170 g/mol. The number of nitrogens with one attached hydrogen (secondary N) is 1. The molecule has 1 aliphatic heterocycles. The van der Waals surface area contributed by atoms with Crippen LogP contribution in [0.2, 0.25) is 0 Å². The summed E-state index contributed by atoms with van der Waals surface area (Å²) < 4.78 is 0. The molecule has 13 heavy (non-hydrogen) atoms. The fourth-order valence-corrected chi connectivity index (χ4v) is 1.47. The first-order valence-corrected chi connectivity index (χ1v) is 4.17. The summed E-state index contributed by atoms with van der Waals surface area (Å²) in [6, 6.07) is 0. The monoisotopic (exact) mass is 181 g/mol. The molecule has 1 atom stereocenters. The van der Waals surface area contributed by atoms with Crippen molar-refractivity contribution in [2.45, 2.75) is 6.42 Å². The van der Waals surface area contributed by atoms with E-state index in [0.29, 0.717) is 25.5 Å². The number of nitrogens with zero attached hydrogens (tertiary/aromatic N) is 3. The maximum atomic E-state index is 11.4. The van der Waals surface area contributed by atoms with E-state index in [1.165, 1.54) is 6.33 Å². The molecule has 0 spiro atoms. The minimum Gasteiger partial charge on any atom is -0.330 e. The number of hydrogen-bond acceptors (Lipinski definition) is 4. The van der Waals surface area contributed by atoms with Gasteiger partial charge in [0.05, 0.1) is 0 Å². The van der Waals surface area contributed by atoms with Crippen molar-refractivity contribution in [1.29, 1.82) is 0 Å². The number of aromatic nitrogens is 3. The lowest BCUT2D eigenvalue weighted by Crippen LogP contribution is -2.26. The molecule has 70 valence electrons. The van der Waals surface area contributed by atoms with Gasteiger partial charge in [-0.25, -0.2) is 5.10 Å². The van der Waals surface area contributed by atoms with Crippen molar-refractivity contribution in [2.24, 2.45) is 11.7 Å². The van der Waals surface area contributed by atoms with Crippen molar-refractivity contribution in [3.8, 4) is 0 Å². The molecule has 1 unspecified atom stereocenters. The number of anilines is 1. The third kappa shape index (κ3) is 1.40. The summed E-state index contributed by atoms with van der Waals surface area (Å²) in [5, 5.41) is 6.35. The Morgan fingerprint density at radius 1 is 1.77 bits per heavy atom. The molecule has 3 N–H and O–H groups in total. The Bertz CT molecular complexity index is 296. The topological polar surface area (TPSA) is 87.9 Å². The van der Waals surface area contributed by atoms with Crippen LogP contribution in [0.1, 0.15) is 6.42 Å². The smallest absolute Gasteiger partial charge is 0.229 e. The lowest BCUT2D eigenvalue weighted by Gasteiger charge is -2.11. The Kier molecular flexibility index (Phi) is 1.97. The van der Waals surface area contributed by atoms with Gasteiger partial charge in [0.15, 0.2) is 0 Å². The summed E-state index contributed by atoms with van der Waals surface area (Å²) in [6.45, 7) is 1.18. The molecule has 0 aliphatic carbocycles. The lowest BCUT2D eigenvalue weighted by molar-refractivity contribution is -0.117.